The molecule has 0 saturated carbocycles. The zero-order valence-corrected chi connectivity index (χ0v) is 30.1. The molecule has 0 fully saturated rings. The lowest BCUT2D eigenvalue weighted by Crippen LogP contribution is -2.32. The first-order valence-electron chi connectivity index (χ1n) is 18.4. The van der Waals surface area contributed by atoms with E-state index in [1.165, 1.54) is 59.9 Å². The SMILES string of the molecule is c1ccc(-c2ccc(-c3nc(-c4cccc(-c5ccc6c(c5)C5(c7ccccc7S6)c6ccccc6-c6ccccc65)c4)nc4ccccc34)cc2)cc1. The number of fused-ring (bicyclic) bond motifs is 10. The fraction of sp³-hybridized carbons (Fsp3) is 0.0196. The Morgan fingerprint density at radius 3 is 1.70 bits per heavy atom. The van der Waals surface area contributed by atoms with E-state index in [-0.39, 0.29) is 0 Å². The van der Waals surface area contributed by atoms with Crippen molar-refractivity contribution >= 4 is 22.7 Å². The van der Waals surface area contributed by atoms with Gasteiger partial charge in [-0.2, -0.15) is 0 Å². The molecule has 11 rings (SSSR count). The van der Waals surface area contributed by atoms with Crippen molar-refractivity contribution in [2.24, 2.45) is 0 Å². The van der Waals surface area contributed by atoms with Crippen LogP contribution in [-0.4, -0.2) is 9.97 Å². The monoisotopic (exact) mass is 704 g/mol. The molecule has 9 aromatic rings. The zero-order chi connectivity index (χ0) is 35.6. The van der Waals surface area contributed by atoms with Gasteiger partial charge in [-0.3, -0.25) is 0 Å². The molecule has 1 spiro atoms. The minimum Gasteiger partial charge on any atom is -0.228 e. The standard InChI is InChI=1S/C51H32N2S/c1-2-13-33(14-3-1)34-25-27-35(28-26-34)49-41-19-6-10-23-46(41)52-50(53-49)38-16-12-15-36(31-38)37-29-30-48-45(32-37)51(44-22-9-11-24-47(44)54-48)42-20-7-4-17-39(42)40-18-5-8-21-43(40)51/h1-32H. The molecule has 0 radical (unpaired) electrons. The molecule has 2 heterocycles. The first-order valence-corrected chi connectivity index (χ1v) is 19.2. The Balaban J connectivity index is 1.05. The first kappa shape index (κ1) is 31.0. The highest BCUT2D eigenvalue weighted by molar-refractivity contribution is 7.99. The van der Waals surface area contributed by atoms with Crippen LogP contribution in [0.5, 0.6) is 0 Å². The molecular weight excluding hydrogens is 673 g/mol. The third-order valence-corrected chi connectivity index (χ3v) is 12.3. The third-order valence-electron chi connectivity index (χ3n) is 11.2. The van der Waals surface area contributed by atoms with E-state index in [0.29, 0.717) is 0 Å². The molecule has 3 heteroatoms. The predicted octanol–water partition coefficient (Wildman–Crippen LogP) is 13.1. The number of aromatic nitrogens is 2. The summed E-state index contributed by atoms with van der Waals surface area (Å²) in [5, 5.41) is 1.04. The van der Waals surface area contributed by atoms with Crippen molar-refractivity contribution in [3.63, 3.8) is 0 Å². The van der Waals surface area contributed by atoms with E-state index >= 15 is 0 Å². The summed E-state index contributed by atoms with van der Waals surface area (Å²) in [6.45, 7) is 0. The van der Waals surface area contributed by atoms with E-state index in [0.717, 1.165) is 39.1 Å². The minimum atomic E-state index is -0.412. The van der Waals surface area contributed by atoms with Gasteiger partial charge in [-0.1, -0.05) is 176 Å². The van der Waals surface area contributed by atoms with Crippen LogP contribution in [0, 0.1) is 0 Å². The molecule has 0 saturated heterocycles. The molecule has 2 aliphatic rings. The second kappa shape index (κ2) is 12.3. The number of hydrogen-bond acceptors (Lipinski definition) is 3. The van der Waals surface area contributed by atoms with Crippen LogP contribution >= 0.6 is 11.8 Å². The van der Waals surface area contributed by atoms with E-state index in [4.69, 9.17) is 9.97 Å². The average molecular weight is 705 g/mol. The lowest BCUT2D eigenvalue weighted by Gasteiger charge is -2.40. The van der Waals surface area contributed by atoms with Crippen LogP contribution in [0.1, 0.15) is 22.3 Å². The molecular formula is C51H32N2S. The largest absolute Gasteiger partial charge is 0.228 e. The van der Waals surface area contributed by atoms with E-state index in [1.54, 1.807) is 0 Å². The van der Waals surface area contributed by atoms with Gasteiger partial charge in [-0.15, -0.1) is 0 Å². The Hall–Kier alpha value is -6.55. The molecule has 1 aliphatic carbocycles. The van der Waals surface area contributed by atoms with Crippen LogP contribution in [0.4, 0.5) is 0 Å². The summed E-state index contributed by atoms with van der Waals surface area (Å²) in [5.41, 5.74) is 16.2. The van der Waals surface area contributed by atoms with E-state index < -0.39 is 5.41 Å². The second-order valence-electron chi connectivity index (χ2n) is 14.1. The second-order valence-corrected chi connectivity index (χ2v) is 15.2. The predicted molar refractivity (Wildman–Crippen MR) is 223 cm³/mol. The van der Waals surface area contributed by atoms with Gasteiger partial charge in [0, 0.05) is 26.3 Å². The van der Waals surface area contributed by atoms with Crippen molar-refractivity contribution in [1.29, 1.82) is 0 Å². The Bertz CT molecular complexity index is 2870. The van der Waals surface area contributed by atoms with Crippen molar-refractivity contribution < 1.29 is 0 Å². The van der Waals surface area contributed by atoms with Crippen LogP contribution in [0.2, 0.25) is 0 Å². The Kier molecular flexibility index (Phi) is 7.05. The van der Waals surface area contributed by atoms with Gasteiger partial charge in [0.1, 0.15) is 0 Å². The van der Waals surface area contributed by atoms with Crippen molar-refractivity contribution in [2.75, 3.05) is 0 Å². The smallest absolute Gasteiger partial charge is 0.160 e. The van der Waals surface area contributed by atoms with Gasteiger partial charge < -0.3 is 0 Å². The van der Waals surface area contributed by atoms with Crippen molar-refractivity contribution in [3.8, 4) is 56.0 Å². The number of para-hydroxylation sites is 1. The van der Waals surface area contributed by atoms with E-state index in [1.807, 2.05) is 11.8 Å². The average Bonchev–Trinajstić information content (AvgIpc) is 3.54. The fourth-order valence-electron chi connectivity index (χ4n) is 8.75. The highest BCUT2D eigenvalue weighted by Crippen LogP contribution is 2.62. The summed E-state index contributed by atoms with van der Waals surface area (Å²) in [7, 11) is 0. The Labute approximate surface area is 318 Å². The molecule has 0 N–H and O–H groups in total. The highest BCUT2D eigenvalue weighted by Gasteiger charge is 2.50. The lowest BCUT2D eigenvalue weighted by molar-refractivity contribution is 0.723. The molecule has 1 aliphatic heterocycles. The highest BCUT2D eigenvalue weighted by atomic mass is 32.2. The molecule has 1 aromatic heterocycles. The minimum absolute atomic E-state index is 0.412. The van der Waals surface area contributed by atoms with E-state index in [9.17, 15) is 0 Å². The Morgan fingerprint density at radius 1 is 0.352 bits per heavy atom. The van der Waals surface area contributed by atoms with Gasteiger partial charge in [-0.25, -0.2) is 9.97 Å². The van der Waals surface area contributed by atoms with Crippen LogP contribution < -0.4 is 0 Å². The van der Waals surface area contributed by atoms with Crippen molar-refractivity contribution in [3.05, 3.63) is 216 Å². The normalized spacial score (nSPS) is 13.3. The van der Waals surface area contributed by atoms with Gasteiger partial charge in [0.25, 0.3) is 0 Å². The van der Waals surface area contributed by atoms with Gasteiger partial charge in [0.2, 0.25) is 0 Å². The van der Waals surface area contributed by atoms with Crippen molar-refractivity contribution in [2.45, 2.75) is 15.2 Å². The molecule has 8 aromatic carbocycles. The molecule has 0 amide bonds. The fourth-order valence-corrected chi connectivity index (χ4v) is 9.92. The summed E-state index contributed by atoms with van der Waals surface area (Å²) in [6, 6.07) is 70.3. The number of rotatable bonds is 4. The van der Waals surface area contributed by atoms with Crippen LogP contribution in [0.3, 0.4) is 0 Å². The third kappa shape index (κ3) is 4.68. The summed E-state index contributed by atoms with van der Waals surface area (Å²) in [6.07, 6.45) is 0. The van der Waals surface area contributed by atoms with Crippen LogP contribution in [-0.2, 0) is 5.41 Å². The summed E-state index contributed by atoms with van der Waals surface area (Å²) in [5.74, 6) is 0.718. The maximum atomic E-state index is 5.27. The lowest BCUT2D eigenvalue weighted by atomic mass is 9.67. The first-order chi connectivity index (χ1) is 26.8. The van der Waals surface area contributed by atoms with Crippen LogP contribution in [0.25, 0.3) is 66.9 Å². The summed E-state index contributed by atoms with van der Waals surface area (Å²) in [4.78, 5) is 13.0. The number of benzene rings is 8. The zero-order valence-electron chi connectivity index (χ0n) is 29.3. The molecule has 54 heavy (non-hydrogen) atoms. The van der Waals surface area contributed by atoms with Gasteiger partial charge >= 0.3 is 0 Å². The quantitative estimate of drug-likeness (QED) is 0.182. The Morgan fingerprint density at radius 2 is 0.907 bits per heavy atom. The summed E-state index contributed by atoms with van der Waals surface area (Å²) < 4.78 is 0. The molecule has 252 valence electrons. The molecule has 0 atom stereocenters. The van der Waals surface area contributed by atoms with Gasteiger partial charge in [-0.05, 0) is 86.0 Å². The number of nitrogens with zero attached hydrogens (tertiary/aromatic N) is 2. The maximum Gasteiger partial charge on any atom is 0.160 e. The van der Waals surface area contributed by atoms with E-state index in [2.05, 4.69) is 194 Å². The summed E-state index contributed by atoms with van der Waals surface area (Å²) >= 11 is 1.88. The molecule has 2 nitrogen and oxygen atoms in total. The topological polar surface area (TPSA) is 25.8 Å². The molecule has 0 bridgehead atoms. The molecule has 0 unspecified atom stereocenters. The van der Waals surface area contributed by atoms with Crippen molar-refractivity contribution in [1.82, 2.24) is 9.97 Å². The van der Waals surface area contributed by atoms with Gasteiger partial charge in [0.05, 0.1) is 16.6 Å². The van der Waals surface area contributed by atoms with Crippen LogP contribution in [0.15, 0.2) is 204 Å². The number of hydrogen-bond donors (Lipinski definition) is 0. The van der Waals surface area contributed by atoms with Gasteiger partial charge in [0.15, 0.2) is 5.82 Å². The maximum absolute atomic E-state index is 5.27.